The van der Waals surface area contributed by atoms with Crippen molar-refractivity contribution in [1.29, 1.82) is 0 Å². The predicted molar refractivity (Wildman–Crippen MR) is 94.0 cm³/mol. The van der Waals surface area contributed by atoms with E-state index in [0.29, 0.717) is 5.56 Å². The molecule has 5 heteroatoms. The van der Waals surface area contributed by atoms with Crippen molar-refractivity contribution in [3.63, 3.8) is 0 Å². The van der Waals surface area contributed by atoms with Crippen LogP contribution in [0.15, 0.2) is 24.3 Å². The number of nitrogens with one attached hydrogen (secondary N) is 1. The fourth-order valence-electron chi connectivity index (χ4n) is 2.35. The van der Waals surface area contributed by atoms with E-state index < -0.39 is 5.97 Å². The maximum atomic E-state index is 12.4. The summed E-state index contributed by atoms with van der Waals surface area (Å²) < 4.78 is 5.20. The van der Waals surface area contributed by atoms with Gasteiger partial charge in [0.25, 0.3) is 5.91 Å². The van der Waals surface area contributed by atoms with Gasteiger partial charge in [-0.3, -0.25) is 9.78 Å². The van der Waals surface area contributed by atoms with Crippen LogP contribution in [0.25, 0.3) is 10.9 Å². The minimum atomic E-state index is -0.513. The second-order valence-electron chi connectivity index (χ2n) is 6.69. The Hall–Kier alpha value is -2.43. The molecule has 1 aromatic heterocycles. The van der Waals surface area contributed by atoms with Gasteiger partial charge in [0.2, 0.25) is 0 Å². The zero-order chi connectivity index (χ0) is 17.9. The van der Waals surface area contributed by atoms with E-state index in [4.69, 9.17) is 4.74 Å². The molecule has 5 nitrogen and oxygen atoms in total. The van der Waals surface area contributed by atoms with Crippen LogP contribution >= 0.6 is 0 Å². The molecule has 0 aliphatic heterocycles. The number of amides is 1. The average Bonchev–Trinajstić information content (AvgIpc) is 2.52. The lowest BCUT2D eigenvalue weighted by molar-refractivity contribution is -0.125. The summed E-state index contributed by atoms with van der Waals surface area (Å²) in [4.78, 5) is 28.8. The van der Waals surface area contributed by atoms with E-state index in [0.717, 1.165) is 28.6 Å². The fraction of sp³-hybridized carbons (Fsp3) is 0.421. The SMILES string of the molecule is CCC(C)(C)NC(=O)COC(=O)c1cc(C)nc2ccc(C)cc12. The largest absolute Gasteiger partial charge is 0.452 e. The third-order valence-corrected chi connectivity index (χ3v) is 4.01. The molecule has 1 aromatic carbocycles. The molecular weight excluding hydrogens is 304 g/mol. The van der Waals surface area contributed by atoms with E-state index in [1.54, 1.807) is 6.07 Å². The van der Waals surface area contributed by atoms with E-state index in [1.807, 2.05) is 52.8 Å². The van der Waals surface area contributed by atoms with Crippen LogP contribution in [-0.2, 0) is 9.53 Å². The van der Waals surface area contributed by atoms with Crippen molar-refractivity contribution < 1.29 is 14.3 Å². The van der Waals surface area contributed by atoms with Crippen molar-refractivity contribution in [3.8, 4) is 0 Å². The number of fused-ring (bicyclic) bond motifs is 1. The van der Waals surface area contributed by atoms with Crippen molar-refractivity contribution >= 4 is 22.8 Å². The number of rotatable bonds is 5. The molecule has 0 spiro atoms. The summed E-state index contributed by atoms with van der Waals surface area (Å²) in [7, 11) is 0. The van der Waals surface area contributed by atoms with Crippen LogP contribution in [0.3, 0.4) is 0 Å². The van der Waals surface area contributed by atoms with Gasteiger partial charge in [0.15, 0.2) is 6.61 Å². The topological polar surface area (TPSA) is 68.3 Å². The number of aromatic nitrogens is 1. The maximum Gasteiger partial charge on any atom is 0.339 e. The molecule has 1 amide bonds. The number of hydrogen-bond donors (Lipinski definition) is 1. The van der Waals surface area contributed by atoms with E-state index >= 15 is 0 Å². The van der Waals surface area contributed by atoms with Gasteiger partial charge in [0.1, 0.15) is 0 Å². The number of esters is 1. The first-order valence-corrected chi connectivity index (χ1v) is 8.08. The van der Waals surface area contributed by atoms with Gasteiger partial charge in [-0.15, -0.1) is 0 Å². The number of carbonyl (C=O) groups is 2. The number of carbonyl (C=O) groups excluding carboxylic acids is 2. The molecule has 0 saturated carbocycles. The Labute approximate surface area is 142 Å². The molecule has 0 atom stereocenters. The van der Waals surface area contributed by atoms with Crippen LogP contribution < -0.4 is 5.32 Å². The molecule has 2 rings (SSSR count). The highest BCUT2D eigenvalue weighted by Gasteiger charge is 2.20. The summed E-state index contributed by atoms with van der Waals surface area (Å²) >= 11 is 0. The first kappa shape index (κ1) is 17.9. The lowest BCUT2D eigenvalue weighted by Gasteiger charge is -2.24. The van der Waals surface area contributed by atoms with Gasteiger partial charge in [-0.2, -0.15) is 0 Å². The van der Waals surface area contributed by atoms with Crippen LogP contribution in [0.5, 0.6) is 0 Å². The number of pyridine rings is 1. The van der Waals surface area contributed by atoms with E-state index in [2.05, 4.69) is 10.3 Å². The molecule has 1 N–H and O–H groups in total. The summed E-state index contributed by atoms with van der Waals surface area (Å²) in [6, 6.07) is 7.42. The average molecular weight is 328 g/mol. The molecule has 0 fully saturated rings. The van der Waals surface area contributed by atoms with Gasteiger partial charge in [0, 0.05) is 16.6 Å². The quantitative estimate of drug-likeness (QED) is 0.855. The lowest BCUT2D eigenvalue weighted by atomic mass is 10.0. The number of benzene rings is 1. The third kappa shape index (κ3) is 4.31. The van der Waals surface area contributed by atoms with E-state index in [-0.39, 0.29) is 18.1 Å². The highest BCUT2D eigenvalue weighted by Crippen LogP contribution is 2.20. The van der Waals surface area contributed by atoms with Crippen molar-refractivity contribution in [1.82, 2.24) is 10.3 Å². The first-order valence-electron chi connectivity index (χ1n) is 8.08. The summed E-state index contributed by atoms with van der Waals surface area (Å²) in [6.45, 7) is 9.32. The second kappa shape index (κ2) is 6.99. The van der Waals surface area contributed by atoms with Crippen molar-refractivity contribution in [2.24, 2.45) is 0 Å². The molecule has 0 saturated heterocycles. The minimum Gasteiger partial charge on any atom is -0.452 e. The Morgan fingerprint density at radius 3 is 2.58 bits per heavy atom. The zero-order valence-corrected chi connectivity index (χ0v) is 14.9. The van der Waals surface area contributed by atoms with E-state index in [1.165, 1.54) is 0 Å². The molecule has 0 radical (unpaired) electrons. The van der Waals surface area contributed by atoms with Gasteiger partial charge in [-0.25, -0.2) is 4.79 Å². The lowest BCUT2D eigenvalue weighted by Crippen LogP contribution is -2.44. The first-order chi connectivity index (χ1) is 11.2. The van der Waals surface area contributed by atoms with Crippen LogP contribution in [0.4, 0.5) is 0 Å². The van der Waals surface area contributed by atoms with E-state index in [9.17, 15) is 9.59 Å². The summed E-state index contributed by atoms with van der Waals surface area (Å²) in [6.07, 6.45) is 0.792. The Morgan fingerprint density at radius 1 is 1.21 bits per heavy atom. The predicted octanol–water partition coefficient (Wildman–Crippen LogP) is 3.31. The third-order valence-electron chi connectivity index (χ3n) is 4.01. The number of hydrogen-bond acceptors (Lipinski definition) is 4. The van der Waals surface area contributed by atoms with Gasteiger partial charge < -0.3 is 10.1 Å². The van der Waals surface area contributed by atoms with Crippen molar-refractivity contribution in [3.05, 3.63) is 41.1 Å². The number of aryl methyl sites for hydroxylation is 2. The molecule has 128 valence electrons. The molecule has 0 aliphatic carbocycles. The molecule has 1 heterocycles. The van der Waals surface area contributed by atoms with Crippen LogP contribution in [-0.4, -0.2) is 29.0 Å². The monoisotopic (exact) mass is 328 g/mol. The second-order valence-corrected chi connectivity index (χ2v) is 6.69. The Morgan fingerprint density at radius 2 is 1.92 bits per heavy atom. The molecule has 0 bridgehead atoms. The zero-order valence-electron chi connectivity index (χ0n) is 14.9. The number of nitrogens with zero attached hydrogens (tertiary/aromatic N) is 1. The highest BCUT2D eigenvalue weighted by atomic mass is 16.5. The highest BCUT2D eigenvalue weighted by molar-refractivity contribution is 6.04. The van der Waals surface area contributed by atoms with Crippen LogP contribution in [0.1, 0.15) is 48.8 Å². The Balaban J connectivity index is 2.17. The Kier molecular flexibility index (Phi) is 5.22. The Bertz CT molecular complexity index is 782. The van der Waals surface area contributed by atoms with Gasteiger partial charge in [-0.05, 0) is 52.3 Å². The number of ether oxygens (including phenoxy) is 1. The standard InChI is InChI=1S/C19H24N2O3/c1-6-19(4,5)21-17(22)11-24-18(23)15-10-13(3)20-16-8-7-12(2)9-14(15)16/h7-10H,6,11H2,1-5H3,(H,21,22). The smallest absolute Gasteiger partial charge is 0.339 e. The normalized spacial score (nSPS) is 11.4. The van der Waals surface area contributed by atoms with Crippen LogP contribution in [0.2, 0.25) is 0 Å². The minimum absolute atomic E-state index is 0.295. The van der Waals surface area contributed by atoms with Crippen molar-refractivity contribution in [2.45, 2.75) is 46.6 Å². The van der Waals surface area contributed by atoms with Gasteiger partial charge in [-0.1, -0.05) is 18.6 Å². The summed E-state index contributed by atoms with van der Waals surface area (Å²) in [5.74, 6) is -0.818. The van der Waals surface area contributed by atoms with Crippen molar-refractivity contribution in [2.75, 3.05) is 6.61 Å². The molecule has 0 unspecified atom stereocenters. The fourth-order valence-corrected chi connectivity index (χ4v) is 2.35. The molecule has 0 aliphatic rings. The molecular formula is C19H24N2O3. The summed E-state index contributed by atoms with van der Waals surface area (Å²) in [5, 5.41) is 3.58. The molecule has 2 aromatic rings. The van der Waals surface area contributed by atoms with Gasteiger partial charge >= 0.3 is 5.97 Å². The summed E-state index contributed by atoms with van der Waals surface area (Å²) in [5.41, 5.74) is 2.62. The molecule has 24 heavy (non-hydrogen) atoms. The van der Waals surface area contributed by atoms with Crippen LogP contribution in [0, 0.1) is 13.8 Å². The van der Waals surface area contributed by atoms with Gasteiger partial charge in [0.05, 0.1) is 11.1 Å². The maximum absolute atomic E-state index is 12.4.